The SMILES string of the molecule is C=C(C(=O)OC1=CCCCCC1)C1=CCCCCC1. The van der Waals surface area contributed by atoms with Crippen molar-refractivity contribution in [1.29, 1.82) is 0 Å². The second kappa shape index (κ2) is 7.32. The number of allylic oxidation sites excluding steroid dienone is 3. The van der Waals surface area contributed by atoms with Crippen molar-refractivity contribution in [2.75, 3.05) is 0 Å². The normalized spacial score (nSPS) is 20.6. The quantitative estimate of drug-likeness (QED) is 0.537. The zero-order chi connectivity index (χ0) is 13.5. The standard InChI is InChI=1S/C17H24O2/c1-14(15-10-6-2-3-7-11-15)17(18)19-16-12-8-4-5-9-13-16/h10,12H,1-9,11,13H2. The Morgan fingerprint density at radius 2 is 1.63 bits per heavy atom. The molecule has 2 heteroatoms. The first-order valence-corrected chi connectivity index (χ1v) is 7.57. The minimum atomic E-state index is -0.249. The lowest BCUT2D eigenvalue weighted by Gasteiger charge is -2.11. The number of ether oxygens (including phenoxy) is 1. The van der Waals surface area contributed by atoms with Gasteiger partial charge in [0.1, 0.15) is 5.76 Å². The highest BCUT2D eigenvalue weighted by atomic mass is 16.5. The summed E-state index contributed by atoms with van der Waals surface area (Å²) in [6, 6.07) is 0. The van der Waals surface area contributed by atoms with Gasteiger partial charge in [0.25, 0.3) is 0 Å². The van der Waals surface area contributed by atoms with Crippen LogP contribution in [0.3, 0.4) is 0 Å². The summed E-state index contributed by atoms with van der Waals surface area (Å²) < 4.78 is 5.51. The van der Waals surface area contributed by atoms with Crippen LogP contribution >= 0.6 is 0 Å². The topological polar surface area (TPSA) is 26.3 Å². The third kappa shape index (κ3) is 4.38. The van der Waals surface area contributed by atoms with Gasteiger partial charge >= 0.3 is 5.97 Å². The fourth-order valence-electron chi connectivity index (χ4n) is 2.68. The van der Waals surface area contributed by atoms with E-state index in [1.165, 1.54) is 25.7 Å². The predicted octanol–water partition coefficient (Wildman–Crippen LogP) is 4.82. The van der Waals surface area contributed by atoms with Gasteiger partial charge in [-0.2, -0.15) is 0 Å². The minimum absolute atomic E-state index is 0.249. The van der Waals surface area contributed by atoms with Crippen LogP contribution < -0.4 is 0 Å². The van der Waals surface area contributed by atoms with Gasteiger partial charge in [-0.25, -0.2) is 4.79 Å². The molecule has 0 fully saturated rings. The van der Waals surface area contributed by atoms with Gasteiger partial charge in [0, 0.05) is 6.42 Å². The fraction of sp³-hybridized carbons (Fsp3) is 0.588. The molecule has 0 aromatic carbocycles. The van der Waals surface area contributed by atoms with Crippen molar-refractivity contribution in [2.45, 2.75) is 64.2 Å². The third-order valence-electron chi connectivity index (χ3n) is 3.90. The van der Waals surface area contributed by atoms with Gasteiger partial charge in [0.15, 0.2) is 0 Å². The molecule has 0 spiro atoms. The number of hydrogen-bond acceptors (Lipinski definition) is 2. The van der Waals surface area contributed by atoms with Crippen LogP contribution in [0.25, 0.3) is 0 Å². The van der Waals surface area contributed by atoms with Gasteiger partial charge in [0.05, 0.1) is 5.57 Å². The molecule has 0 bridgehead atoms. The van der Waals surface area contributed by atoms with Crippen molar-refractivity contribution in [2.24, 2.45) is 0 Å². The van der Waals surface area contributed by atoms with Crippen molar-refractivity contribution < 1.29 is 9.53 Å². The van der Waals surface area contributed by atoms with Gasteiger partial charge in [-0.05, 0) is 56.6 Å². The largest absolute Gasteiger partial charge is 0.428 e. The van der Waals surface area contributed by atoms with Crippen LogP contribution in [0.2, 0.25) is 0 Å². The average molecular weight is 260 g/mol. The van der Waals surface area contributed by atoms with Gasteiger partial charge in [-0.15, -0.1) is 0 Å². The number of carbonyl (C=O) groups is 1. The lowest BCUT2D eigenvalue weighted by atomic mass is 10.0. The highest BCUT2D eigenvalue weighted by molar-refractivity contribution is 5.93. The molecule has 2 nitrogen and oxygen atoms in total. The third-order valence-corrected chi connectivity index (χ3v) is 3.90. The Morgan fingerprint density at radius 1 is 0.947 bits per heavy atom. The van der Waals surface area contributed by atoms with Crippen molar-refractivity contribution in [3.05, 3.63) is 35.6 Å². The van der Waals surface area contributed by atoms with E-state index in [1.807, 2.05) is 0 Å². The van der Waals surface area contributed by atoms with Crippen LogP contribution in [0.4, 0.5) is 0 Å². The minimum Gasteiger partial charge on any atom is -0.428 e. The van der Waals surface area contributed by atoms with Crippen LogP contribution in [0, 0.1) is 0 Å². The highest BCUT2D eigenvalue weighted by Crippen LogP contribution is 2.25. The number of esters is 1. The maximum Gasteiger partial charge on any atom is 0.342 e. The van der Waals surface area contributed by atoms with E-state index >= 15 is 0 Å². The van der Waals surface area contributed by atoms with E-state index in [-0.39, 0.29) is 5.97 Å². The number of rotatable bonds is 3. The first kappa shape index (κ1) is 14.1. The second-order valence-corrected chi connectivity index (χ2v) is 5.47. The number of hydrogen-bond donors (Lipinski definition) is 0. The van der Waals surface area contributed by atoms with E-state index in [1.54, 1.807) is 0 Å². The van der Waals surface area contributed by atoms with Crippen molar-refractivity contribution in [3.8, 4) is 0 Å². The zero-order valence-corrected chi connectivity index (χ0v) is 11.7. The first-order chi connectivity index (χ1) is 9.27. The lowest BCUT2D eigenvalue weighted by Crippen LogP contribution is -2.09. The lowest BCUT2D eigenvalue weighted by molar-refractivity contribution is -0.135. The maximum atomic E-state index is 12.1. The molecule has 0 aromatic rings. The Balaban J connectivity index is 1.93. The van der Waals surface area contributed by atoms with Crippen LogP contribution in [0.15, 0.2) is 35.6 Å². The monoisotopic (exact) mass is 260 g/mol. The van der Waals surface area contributed by atoms with E-state index < -0.39 is 0 Å². The summed E-state index contributed by atoms with van der Waals surface area (Å²) in [5.74, 6) is 0.596. The van der Waals surface area contributed by atoms with Gasteiger partial charge in [-0.3, -0.25) is 0 Å². The summed E-state index contributed by atoms with van der Waals surface area (Å²) in [6.07, 6.45) is 15.3. The molecule has 0 N–H and O–H groups in total. The summed E-state index contributed by atoms with van der Waals surface area (Å²) in [5.41, 5.74) is 1.66. The Labute approximate surface area is 116 Å². The Morgan fingerprint density at radius 3 is 2.42 bits per heavy atom. The summed E-state index contributed by atoms with van der Waals surface area (Å²) in [7, 11) is 0. The Bertz CT molecular complexity index is 401. The average Bonchev–Trinajstić information content (AvgIpc) is 2.82. The van der Waals surface area contributed by atoms with E-state index in [0.29, 0.717) is 5.57 Å². The smallest absolute Gasteiger partial charge is 0.342 e. The van der Waals surface area contributed by atoms with Crippen molar-refractivity contribution in [3.63, 3.8) is 0 Å². The molecule has 0 radical (unpaired) electrons. The summed E-state index contributed by atoms with van der Waals surface area (Å²) >= 11 is 0. The zero-order valence-electron chi connectivity index (χ0n) is 11.7. The van der Waals surface area contributed by atoms with Crippen LogP contribution in [0.1, 0.15) is 64.2 Å². The maximum absolute atomic E-state index is 12.1. The molecule has 0 saturated heterocycles. The first-order valence-electron chi connectivity index (χ1n) is 7.57. The molecule has 0 heterocycles. The molecular formula is C17H24O2. The molecule has 19 heavy (non-hydrogen) atoms. The fourth-order valence-corrected chi connectivity index (χ4v) is 2.68. The summed E-state index contributed by atoms with van der Waals surface area (Å²) in [5, 5.41) is 0. The molecule has 0 saturated carbocycles. The molecule has 2 rings (SSSR count). The molecule has 2 aliphatic rings. The van der Waals surface area contributed by atoms with Crippen molar-refractivity contribution >= 4 is 5.97 Å². The van der Waals surface area contributed by atoms with Gasteiger partial charge in [-0.1, -0.05) is 25.5 Å². The van der Waals surface area contributed by atoms with Gasteiger partial charge < -0.3 is 4.74 Å². The van der Waals surface area contributed by atoms with E-state index in [9.17, 15) is 4.79 Å². The molecule has 0 aliphatic heterocycles. The molecule has 0 aromatic heterocycles. The molecule has 0 amide bonds. The van der Waals surface area contributed by atoms with E-state index in [0.717, 1.165) is 49.9 Å². The molecule has 0 atom stereocenters. The number of carbonyl (C=O) groups excluding carboxylic acids is 1. The summed E-state index contributed by atoms with van der Waals surface area (Å²) in [6.45, 7) is 3.94. The van der Waals surface area contributed by atoms with Crippen LogP contribution in [0.5, 0.6) is 0 Å². The molecule has 2 aliphatic carbocycles. The van der Waals surface area contributed by atoms with E-state index in [4.69, 9.17) is 4.74 Å². The van der Waals surface area contributed by atoms with Crippen LogP contribution in [-0.2, 0) is 9.53 Å². The Hall–Kier alpha value is -1.31. The molecular weight excluding hydrogens is 236 g/mol. The summed E-state index contributed by atoms with van der Waals surface area (Å²) in [4.78, 5) is 12.1. The van der Waals surface area contributed by atoms with Crippen LogP contribution in [-0.4, -0.2) is 5.97 Å². The predicted molar refractivity (Wildman–Crippen MR) is 77.6 cm³/mol. The van der Waals surface area contributed by atoms with E-state index in [2.05, 4.69) is 18.7 Å². The second-order valence-electron chi connectivity index (χ2n) is 5.47. The van der Waals surface area contributed by atoms with Crippen molar-refractivity contribution in [1.82, 2.24) is 0 Å². The highest BCUT2D eigenvalue weighted by Gasteiger charge is 2.17. The molecule has 0 unspecified atom stereocenters. The Kier molecular flexibility index (Phi) is 5.44. The van der Waals surface area contributed by atoms with Gasteiger partial charge in [0.2, 0.25) is 0 Å². The molecule has 104 valence electrons.